The van der Waals surface area contributed by atoms with E-state index in [0.29, 0.717) is 10.6 Å². The summed E-state index contributed by atoms with van der Waals surface area (Å²) < 4.78 is 5.05. The van der Waals surface area contributed by atoms with Crippen LogP contribution in [0, 0.1) is 6.92 Å². The highest BCUT2D eigenvalue weighted by atomic mass is 32.1. The molecule has 0 saturated carbocycles. The fourth-order valence-electron chi connectivity index (χ4n) is 2.54. The van der Waals surface area contributed by atoms with Gasteiger partial charge in [0.2, 0.25) is 17.7 Å². The van der Waals surface area contributed by atoms with Gasteiger partial charge in [0.25, 0.3) is 0 Å². The van der Waals surface area contributed by atoms with E-state index >= 15 is 0 Å². The number of anilines is 1. The lowest BCUT2D eigenvalue weighted by Gasteiger charge is -2.13. The van der Waals surface area contributed by atoms with E-state index in [1.54, 1.807) is 6.92 Å². The van der Waals surface area contributed by atoms with E-state index in [4.69, 9.17) is 4.74 Å². The zero-order valence-electron chi connectivity index (χ0n) is 13.9. The number of carbonyl (C=O) groups is 4. The molecule has 2 rings (SSSR count). The van der Waals surface area contributed by atoms with Crippen LogP contribution in [0.2, 0.25) is 0 Å². The molecule has 2 heterocycles. The standard InChI is InChI=1S/C16H20N2O5S/c1-4-10-9(3)14(16(22)23-5-2)15(24-10)17-11(19)8-18-12(20)6-7-13(18)21/h4-8H2,1-3H3,(H,17,19). The average molecular weight is 352 g/mol. The number of esters is 1. The number of aryl methyl sites for hydroxylation is 1. The van der Waals surface area contributed by atoms with Gasteiger partial charge in [-0.3, -0.25) is 19.3 Å². The molecule has 1 aromatic rings. The Morgan fingerprint density at radius 2 is 1.83 bits per heavy atom. The number of nitrogens with one attached hydrogen (secondary N) is 1. The normalized spacial score (nSPS) is 14.2. The molecule has 1 aliphatic heterocycles. The van der Waals surface area contributed by atoms with Crippen LogP contribution in [0.15, 0.2) is 0 Å². The average Bonchev–Trinajstić information content (AvgIpc) is 3.01. The summed E-state index contributed by atoms with van der Waals surface area (Å²) in [5, 5.41) is 3.04. The number of hydrogen-bond donors (Lipinski definition) is 1. The molecule has 0 aromatic carbocycles. The Kier molecular flexibility index (Phi) is 5.71. The number of ether oxygens (including phenoxy) is 1. The van der Waals surface area contributed by atoms with E-state index in [0.717, 1.165) is 21.8 Å². The third kappa shape index (κ3) is 3.64. The number of imide groups is 1. The van der Waals surface area contributed by atoms with Gasteiger partial charge in [0.1, 0.15) is 11.5 Å². The molecule has 1 saturated heterocycles. The van der Waals surface area contributed by atoms with Gasteiger partial charge in [-0.15, -0.1) is 11.3 Å². The zero-order valence-corrected chi connectivity index (χ0v) is 14.7. The Labute approximate surface area is 144 Å². The highest BCUT2D eigenvalue weighted by Gasteiger charge is 2.31. The van der Waals surface area contributed by atoms with Crippen LogP contribution >= 0.6 is 11.3 Å². The number of amides is 3. The predicted molar refractivity (Wildman–Crippen MR) is 89.0 cm³/mol. The van der Waals surface area contributed by atoms with Gasteiger partial charge < -0.3 is 10.1 Å². The summed E-state index contributed by atoms with van der Waals surface area (Å²) in [6.45, 7) is 5.38. The van der Waals surface area contributed by atoms with Gasteiger partial charge in [0.15, 0.2) is 0 Å². The lowest BCUT2D eigenvalue weighted by Crippen LogP contribution is -2.37. The first kappa shape index (κ1) is 18.1. The number of hydrogen-bond acceptors (Lipinski definition) is 6. The first-order valence-corrected chi connectivity index (χ1v) is 8.63. The van der Waals surface area contributed by atoms with Crippen LogP contribution in [0.25, 0.3) is 0 Å². The molecule has 3 amide bonds. The van der Waals surface area contributed by atoms with E-state index in [1.165, 1.54) is 11.3 Å². The summed E-state index contributed by atoms with van der Waals surface area (Å²) in [6, 6.07) is 0. The smallest absolute Gasteiger partial charge is 0.341 e. The molecule has 24 heavy (non-hydrogen) atoms. The van der Waals surface area contributed by atoms with Crippen molar-refractivity contribution < 1.29 is 23.9 Å². The molecule has 1 fully saturated rings. The predicted octanol–water partition coefficient (Wildman–Crippen LogP) is 1.88. The largest absolute Gasteiger partial charge is 0.462 e. The molecule has 0 aliphatic carbocycles. The van der Waals surface area contributed by atoms with Crippen molar-refractivity contribution >= 4 is 40.0 Å². The Morgan fingerprint density at radius 3 is 2.38 bits per heavy atom. The Bertz CT molecular complexity index is 679. The van der Waals surface area contributed by atoms with Crippen molar-refractivity contribution in [1.82, 2.24) is 4.90 Å². The summed E-state index contributed by atoms with van der Waals surface area (Å²) in [5.74, 6) is -1.70. The van der Waals surface area contributed by atoms with Crippen LogP contribution in [-0.4, -0.2) is 41.7 Å². The van der Waals surface area contributed by atoms with Gasteiger partial charge in [-0.1, -0.05) is 6.92 Å². The highest BCUT2D eigenvalue weighted by molar-refractivity contribution is 7.17. The minimum atomic E-state index is -0.506. The van der Waals surface area contributed by atoms with E-state index in [-0.39, 0.29) is 37.8 Å². The number of carbonyl (C=O) groups excluding carboxylic acids is 4. The minimum Gasteiger partial charge on any atom is -0.462 e. The second kappa shape index (κ2) is 7.57. The van der Waals surface area contributed by atoms with Crippen LogP contribution in [0.1, 0.15) is 47.5 Å². The highest BCUT2D eigenvalue weighted by Crippen LogP contribution is 2.34. The van der Waals surface area contributed by atoms with Crippen LogP contribution in [0.4, 0.5) is 5.00 Å². The second-order valence-electron chi connectivity index (χ2n) is 5.35. The van der Waals surface area contributed by atoms with Crippen LogP contribution in [0.5, 0.6) is 0 Å². The van der Waals surface area contributed by atoms with E-state index < -0.39 is 11.9 Å². The molecule has 1 aliphatic rings. The molecule has 0 radical (unpaired) electrons. The van der Waals surface area contributed by atoms with Crippen LogP contribution in [-0.2, 0) is 25.5 Å². The van der Waals surface area contributed by atoms with Gasteiger partial charge in [0.05, 0.1) is 12.2 Å². The quantitative estimate of drug-likeness (QED) is 0.623. The van der Waals surface area contributed by atoms with Crippen molar-refractivity contribution in [2.45, 2.75) is 40.0 Å². The molecular formula is C16H20N2O5S. The molecule has 1 N–H and O–H groups in total. The number of rotatable bonds is 6. The summed E-state index contributed by atoms with van der Waals surface area (Å²) >= 11 is 1.31. The number of thiophene rings is 1. The first-order valence-electron chi connectivity index (χ1n) is 7.81. The summed E-state index contributed by atoms with van der Waals surface area (Å²) in [7, 11) is 0. The van der Waals surface area contributed by atoms with Gasteiger partial charge in [-0.05, 0) is 25.8 Å². The molecule has 0 spiro atoms. The van der Waals surface area contributed by atoms with E-state index in [9.17, 15) is 19.2 Å². The number of nitrogens with zero attached hydrogens (tertiary/aromatic N) is 1. The van der Waals surface area contributed by atoms with Crippen molar-refractivity contribution in [3.05, 3.63) is 16.0 Å². The van der Waals surface area contributed by atoms with Gasteiger partial charge in [-0.25, -0.2) is 4.79 Å². The Morgan fingerprint density at radius 1 is 1.21 bits per heavy atom. The van der Waals surface area contributed by atoms with Gasteiger partial charge in [0, 0.05) is 17.7 Å². The number of likely N-dealkylation sites (tertiary alicyclic amines) is 1. The van der Waals surface area contributed by atoms with E-state index in [1.807, 2.05) is 13.8 Å². The topological polar surface area (TPSA) is 92.8 Å². The van der Waals surface area contributed by atoms with Crippen LogP contribution in [0.3, 0.4) is 0 Å². The molecule has 7 nitrogen and oxygen atoms in total. The molecule has 130 valence electrons. The zero-order chi connectivity index (χ0) is 17.9. The first-order chi connectivity index (χ1) is 11.4. The third-order valence-electron chi connectivity index (χ3n) is 3.76. The lowest BCUT2D eigenvalue weighted by molar-refractivity contribution is -0.141. The maximum absolute atomic E-state index is 12.2. The molecule has 1 aromatic heterocycles. The van der Waals surface area contributed by atoms with Crippen LogP contribution < -0.4 is 5.32 Å². The fourth-order valence-corrected chi connectivity index (χ4v) is 3.69. The van der Waals surface area contributed by atoms with Gasteiger partial charge in [-0.2, -0.15) is 0 Å². The molecule has 0 unspecified atom stereocenters. The van der Waals surface area contributed by atoms with Crippen molar-refractivity contribution in [2.75, 3.05) is 18.5 Å². The maximum atomic E-state index is 12.2. The molecular weight excluding hydrogens is 332 g/mol. The summed E-state index contributed by atoms with van der Waals surface area (Å²) in [6.07, 6.45) is 0.998. The third-order valence-corrected chi connectivity index (χ3v) is 5.11. The summed E-state index contributed by atoms with van der Waals surface area (Å²) in [5.41, 5.74) is 1.12. The molecule has 0 atom stereocenters. The summed E-state index contributed by atoms with van der Waals surface area (Å²) in [4.78, 5) is 49.5. The van der Waals surface area contributed by atoms with Crippen molar-refractivity contribution in [2.24, 2.45) is 0 Å². The maximum Gasteiger partial charge on any atom is 0.341 e. The second-order valence-corrected chi connectivity index (χ2v) is 6.46. The molecule has 8 heteroatoms. The Balaban J connectivity index is 2.19. The minimum absolute atomic E-state index is 0.137. The molecule has 0 bridgehead atoms. The van der Waals surface area contributed by atoms with E-state index in [2.05, 4.69) is 5.32 Å². The van der Waals surface area contributed by atoms with Gasteiger partial charge >= 0.3 is 5.97 Å². The van der Waals surface area contributed by atoms with Crippen molar-refractivity contribution in [1.29, 1.82) is 0 Å². The monoisotopic (exact) mass is 352 g/mol. The fraction of sp³-hybridized carbons (Fsp3) is 0.500. The van der Waals surface area contributed by atoms with Crippen molar-refractivity contribution in [3.8, 4) is 0 Å². The lowest BCUT2D eigenvalue weighted by atomic mass is 10.1. The SMILES string of the molecule is CCOC(=O)c1c(NC(=O)CN2C(=O)CCC2=O)sc(CC)c1C. The van der Waals surface area contributed by atoms with Crippen molar-refractivity contribution in [3.63, 3.8) is 0 Å². The Hall–Kier alpha value is -2.22.